The zero-order valence-electron chi connectivity index (χ0n) is 53.2. The van der Waals surface area contributed by atoms with Gasteiger partial charge in [-0.1, -0.05) is 272 Å². The van der Waals surface area contributed by atoms with Gasteiger partial charge < -0.3 is 28.5 Å². The van der Waals surface area contributed by atoms with E-state index in [0.717, 1.165) is 89.9 Å². The third kappa shape index (κ3) is 63.6. The van der Waals surface area contributed by atoms with E-state index in [9.17, 15) is 19.5 Å². The molecular weight excluding hydrogens is 1010 g/mol. The van der Waals surface area contributed by atoms with E-state index in [4.69, 9.17) is 18.9 Å². The summed E-state index contributed by atoms with van der Waals surface area (Å²) in [5.41, 5.74) is 0. The van der Waals surface area contributed by atoms with Gasteiger partial charge in [0, 0.05) is 12.8 Å². The zero-order chi connectivity index (χ0) is 59.1. The van der Waals surface area contributed by atoms with Gasteiger partial charge in [0.1, 0.15) is 13.2 Å². The zero-order valence-corrected chi connectivity index (χ0v) is 53.2. The average molecular weight is 1130 g/mol. The van der Waals surface area contributed by atoms with Crippen molar-refractivity contribution in [2.45, 2.75) is 296 Å². The molecule has 9 nitrogen and oxygen atoms in total. The maximum absolute atomic E-state index is 12.9. The number of hydrogen-bond donors (Lipinski definition) is 1. The van der Waals surface area contributed by atoms with Crippen LogP contribution in [0.4, 0.5) is 0 Å². The average Bonchev–Trinajstić information content (AvgIpc) is 3.44. The molecule has 0 aromatic carbocycles. The van der Waals surface area contributed by atoms with Gasteiger partial charge in [0.05, 0.1) is 34.4 Å². The number of likely N-dealkylation sites (N-methyl/N-ethyl adjacent to an activating group) is 1. The third-order valence-electron chi connectivity index (χ3n) is 14.3. The summed E-state index contributed by atoms with van der Waals surface area (Å²) >= 11 is 0. The van der Waals surface area contributed by atoms with Crippen LogP contribution in [0.3, 0.4) is 0 Å². The van der Waals surface area contributed by atoms with Crippen molar-refractivity contribution in [3.63, 3.8) is 0 Å². The molecule has 0 radical (unpaired) electrons. The lowest BCUT2D eigenvalue weighted by atomic mass is 10.0. The van der Waals surface area contributed by atoms with Gasteiger partial charge in [-0.05, 0) is 96.3 Å². The van der Waals surface area contributed by atoms with E-state index in [1.807, 2.05) is 21.1 Å². The van der Waals surface area contributed by atoms with Gasteiger partial charge in [-0.15, -0.1) is 0 Å². The van der Waals surface area contributed by atoms with Crippen LogP contribution in [0.15, 0.2) is 97.2 Å². The number of hydrogen-bond acceptors (Lipinski definition) is 7. The Hall–Kier alpha value is -3.79. The number of ether oxygens (including phenoxy) is 4. The van der Waals surface area contributed by atoms with Crippen LogP contribution in [-0.2, 0) is 33.3 Å². The van der Waals surface area contributed by atoms with Crippen LogP contribution >= 0.6 is 0 Å². The monoisotopic (exact) mass is 1130 g/mol. The maximum Gasteiger partial charge on any atom is 0.361 e. The number of carboxylic acids is 1. The van der Waals surface area contributed by atoms with E-state index in [1.54, 1.807) is 0 Å². The van der Waals surface area contributed by atoms with Crippen molar-refractivity contribution in [2.75, 3.05) is 47.5 Å². The highest BCUT2D eigenvalue weighted by Crippen LogP contribution is 2.17. The van der Waals surface area contributed by atoms with Crippen molar-refractivity contribution in [2.24, 2.45) is 0 Å². The first-order valence-electron chi connectivity index (χ1n) is 33.4. The van der Waals surface area contributed by atoms with E-state index >= 15 is 0 Å². The van der Waals surface area contributed by atoms with Crippen molar-refractivity contribution in [3.05, 3.63) is 97.2 Å². The molecule has 2 atom stereocenters. The number of unbranched alkanes of at least 4 members (excludes halogenated alkanes) is 30. The van der Waals surface area contributed by atoms with Crippen molar-refractivity contribution < 1.29 is 42.9 Å². The lowest BCUT2D eigenvalue weighted by Gasteiger charge is -2.25. The molecule has 0 bridgehead atoms. The Labute approximate surface area is 499 Å². The van der Waals surface area contributed by atoms with Gasteiger partial charge in [0.2, 0.25) is 0 Å². The Morgan fingerprint density at radius 1 is 0.383 bits per heavy atom. The highest BCUT2D eigenvalue weighted by Gasteiger charge is 2.25. The number of esters is 2. The topological polar surface area (TPSA) is 108 Å². The number of carbonyl (C=O) groups is 3. The summed E-state index contributed by atoms with van der Waals surface area (Å²) in [5, 5.41) is 9.74. The van der Waals surface area contributed by atoms with Gasteiger partial charge >= 0.3 is 17.9 Å². The minimum atomic E-state index is -1.52. The SMILES string of the molecule is CC/C=C\C/C=C\C/C=C\C/C=C\C/C=C\C/C=C\C/C=C\CCCCCCCCCCCC(=O)OC(COC(=O)CCCCCCCCCCCCCCC/C=C\CCCCCCCCCC)COC(OCC[N+](C)(C)C)C(=O)O. The molecule has 0 aliphatic heterocycles. The first-order valence-corrected chi connectivity index (χ1v) is 33.4. The molecule has 0 aromatic rings. The van der Waals surface area contributed by atoms with Crippen molar-refractivity contribution >= 4 is 17.9 Å². The van der Waals surface area contributed by atoms with E-state index in [1.165, 1.54) is 161 Å². The van der Waals surface area contributed by atoms with Crippen LogP contribution in [0.25, 0.3) is 0 Å². The molecule has 1 N–H and O–H groups in total. The van der Waals surface area contributed by atoms with E-state index < -0.39 is 24.3 Å². The molecule has 0 heterocycles. The molecule has 81 heavy (non-hydrogen) atoms. The lowest BCUT2D eigenvalue weighted by molar-refractivity contribution is -0.870. The van der Waals surface area contributed by atoms with Crippen LogP contribution in [0.2, 0.25) is 0 Å². The second-order valence-corrected chi connectivity index (χ2v) is 23.4. The number of quaternary nitrogens is 1. The van der Waals surface area contributed by atoms with Crippen LogP contribution in [-0.4, -0.2) is 87.4 Å². The summed E-state index contributed by atoms with van der Waals surface area (Å²) in [7, 11) is 5.97. The van der Waals surface area contributed by atoms with Gasteiger partial charge in [-0.2, -0.15) is 0 Å². The van der Waals surface area contributed by atoms with Crippen molar-refractivity contribution in [1.82, 2.24) is 0 Å². The van der Waals surface area contributed by atoms with E-state index in [-0.39, 0.29) is 32.2 Å². The molecule has 0 rings (SSSR count). The summed E-state index contributed by atoms with van der Waals surface area (Å²) in [4.78, 5) is 37.6. The van der Waals surface area contributed by atoms with E-state index in [2.05, 4.69) is 111 Å². The van der Waals surface area contributed by atoms with Crippen LogP contribution < -0.4 is 0 Å². The predicted octanol–water partition coefficient (Wildman–Crippen LogP) is 20.5. The molecule has 2 unspecified atom stereocenters. The molecule has 9 heteroatoms. The molecule has 0 saturated heterocycles. The van der Waals surface area contributed by atoms with Crippen LogP contribution in [0.1, 0.15) is 284 Å². The Balaban J connectivity index is 4.19. The molecule has 0 amide bonds. The highest BCUT2D eigenvalue weighted by atomic mass is 16.7. The molecule has 466 valence electrons. The highest BCUT2D eigenvalue weighted by molar-refractivity contribution is 5.71. The fourth-order valence-electron chi connectivity index (χ4n) is 9.23. The fraction of sp³-hybridized carbons (Fsp3) is 0.736. The Kier molecular flexibility index (Phi) is 59.3. The molecular formula is C72H126NO8+. The number of allylic oxidation sites excluding steroid dienone is 16. The summed E-state index contributed by atoms with van der Waals surface area (Å²) in [6, 6.07) is 0. The first-order chi connectivity index (χ1) is 39.6. The minimum Gasteiger partial charge on any atom is -0.477 e. The van der Waals surface area contributed by atoms with E-state index in [0.29, 0.717) is 23.9 Å². The number of aliphatic carboxylic acids is 1. The molecule has 0 aromatic heterocycles. The summed E-state index contributed by atoms with van der Waals surface area (Å²) < 4.78 is 23.0. The number of carboxylic acid groups (broad SMARTS) is 1. The summed E-state index contributed by atoms with van der Waals surface area (Å²) in [5.74, 6) is -2.01. The smallest absolute Gasteiger partial charge is 0.361 e. The molecule has 0 aliphatic rings. The molecule has 0 saturated carbocycles. The Bertz CT molecular complexity index is 1650. The predicted molar refractivity (Wildman–Crippen MR) is 345 cm³/mol. The van der Waals surface area contributed by atoms with Crippen LogP contribution in [0, 0.1) is 0 Å². The molecule has 0 fully saturated rings. The number of nitrogens with zero attached hydrogens (tertiary/aromatic N) is 1. The maximum atomic E-state index is 12.9. The minimum absolute atomic E-state index is 0.183. The number of carbonyl (C=O) groups excluding carboxylic acids is 2. The van der Waals surface area contributed by atoms with Crippen LogP contribution in [0.5, 0.6) is 0 Å². The number of rotatable bonds is 61. The summed E-state index contributed by atoms with van der Waals surface area (Å²) in [6.45, 7) is 4.78. The van der Waals surface area contributed by atoms with Gasteiger partial charge in [0.25, 0.3) is 6.29 Å². The first kappa shape index (κ1) is 77.2. The summed E-state index contributed by atoms with van der Waals surface area (Å²) in [6.07, 6.45) is 82.2. The standard InChI is InChI=1S/C72H125NO8/c1-6-8-10-12-14-16-18-20-22-24-26-28-30-32-33-34-35-36-37-39-41-43-45-47-49-51-53-55-57-59-61-63-70(75)81-68(67-80-72(71(76)77)78-65-64-73(3,4)5)66-79-69(74)62-60-58-56-54-52-50-48-46-44-42-40-38-31-29-27-25-23-21-19-17-15-13-11-9-7-2/h8,10,14,16,20,22,25-28,32-33,35-36,39,41,68,72H,6-7,9,11-13,15,17-19,21,23-24,29-31,34,37-38,40,42-67H2,1-5H3/p+1/b10-8-,16-14-,22-20-,27-25-,28-26-,33-32-,36-35-,41-39-. The third-order valence-corrected chi connectivity index (χ3v) is 14.3. The van der Waals surface area contributed by atoms with Gasteiger partial charge in [0.15, 0.2) is 6.10 Å². The van der Waals surface area contributed by atoms with Crippen molar-refractivity contribution in [3.8, 4) is 0 Å². The van der Waals surface area contributed by atoms with Gasteiger partial charge in [-0.3, -0.25) is 9.59 Å². The normalized spacial score (nSPS) is 13.3. The lowest BCUT2D eigenvalue weighted by Crippen LogP contribution is -2.40. The Morgan fingerprint density at radius 2 is 0.704 bits per heavy atom. The second kappa shape index (κ2) is 62.3. The largest absolute Gasteiger partial charge is 0.477 e. The second-order valence-electron chi connectivity index (χ2n) is 23.4. The molecule has 0 aliphatic carbocycles. The quantitative estimate of drug-likeness (QED) is 0.0211. The van der Waals surface area contributed by atoms with Crippen molar-refractivity contribution in [1.29, 1.82) is 0 Å². The Morgan fingerprint density at radius 3 is 1.06 bits per heavy atom. The van der Waals surface area contributed by atoms with Gasteiger partial charge in [-0.25, -0.2) is 4.79 Å². The molecule has 0 spiro atoms. The fourth-order valence-corrected chi connectivity index (χ4v) is 9.23.